The summed E-state index contributed by atoms with van der Waals surface area (Å²) < 4.78 is 0. The molecule has 1 aliphatic rings. The lowest BCUT2D eigenvalue weighted by Crippen LogP contribution is -2.29. The Morgan fingerprint density at radius 1 is 1.42 bits per heavy atom. The van der Waals surface area contributed by atoms with Crippen LogP contribution in [0.4, 0.5) is 0 Å². The first kappa shape index (κ1) is 16.6. The highest BCUT2D eigenvalue weighted by atomic mass is 35.5. The van der Waals surface area contributed by atoms with E-state index in [1.165, 1.54) is 0 Å². The van der Waals surface area contributed by atoms with Gasteiger partial charge in [0, 0.05) is 13.0 Å². The van der Waals surface area contributed by atoms with Crippen LogP contribution in [-0.2, 0) is 11.2 Å². The van der Waals surface area contributed by atoms with Crippen LogP contribution in [-0.4, -0.2) is 19.5 Å². The molecule has 0 saturated heterocycles. The number of carbonyl (C=O) groups is 1. The molecule has 0 spiro atoms. The first-order chi connectivity index (χ1) is 8.63. The normalized spacial score (nSPS) is 16.7. The van der Waals surface area contributed by atoms with E-state index in [1.54, 1.807) is 6.07 Å². The zero-order valence-electron chi connectivity index (χ0n) is 10.6. The van der Waals surface area contributed by atoms with Gasteiger partial charge in [-0.25, -0.2) is 0 Å². The van der Waals surface area contributed by atoms with E-state index < -0.39 is 0 Å². The Hall–Kier alpha value is -0.480. The molecule has 0 aromatic heterocycles. The van der Waals surface area contributed by atoms with Crippen LogP contribution in [0.2, 0.25) is 10.0 Å². The van der Waals surface area contributed by atoms with Gasteiger partial charge >= 0.3 is 0 Å². The zero-order chi connectivity index (χ0) is 13.1. The van der Waals surface area contributed by atoms with Gasteiger partial charge < -0.3 is 10.6 Å². The molecule has 6 heteroatoms. The van der Waals surface area contributed by atoms with Crippen molar-refractivity contribution in [2.45, 2.75) is 25.3 Å². The van der Waals surface area contributed by atoms with Gasteiger partial charge in [0.25, 0.3) is 0 Å². The van der Waals surface area contributed by atoms with Crippen molar-refractivity contribution in [1.29, 1.82) is 0 Å². The number of nitrogens with one attached hydrogen (secondary N) is 2. The molecular formula is C13H17Cl3N2O. The van der Waals surface area contributed by atoms with Crippen molar-refractivity contribution in [3.05, 3.63) is 33.3 Å². The van der Waals surface area contributed by atoms with E-state index in [1.807, 2.05) is 13.1 Å². The van der Waals surface area contributed by atoms with E-state index in [0.29, 0.717) is 23.0 Å². The molecule has 0 aliphatic heterocycles. The molecule has 0 fully saturated rings. The summed E-state index contributed by atoms with van der Waals surface area (Å²) in [5, 5.41) is 7.20. The molecule has 106 valence electrons. The quantitative estimate of drug-likeness (QED) is 0.894. The van der Waals surface area contributed by atoms with Crippen molar-refractivity contribution in [1.82, 2.24) is 10.6 Å². The lowest BCUT2D eigenvalue weighted by molar-refractivity contribution is -0.121. The first-order valence-corrected chi connectivity index (χ1v) is 6.79. The Bertz CT molecular complexity index is 465. The third-order valence-electron chi connectivity index (χ3n) is 3.23. The average molecular weight is 324 g/mol. The van der Waals surface area contributed by atoms with Crippen LogP contribution in [0.1, 0.15) is 30.0 Å². The number of benzene rings is 1. The minimum Gasteiger partial charge on any atom is -0.349 e. The van der Waals surface area contributed by atoms with Crippen LogP contribution >= 0.6 is 35.6 Å². The number of carbonyl (C=O) groups excluding carboxylic acids is 1. The average Bonchev–Trinajstić information content (AvgIpc) is 2.75. The minimum atomic E-state index is 0. The Morgan fingerprint density at radius 2 is 2.16 bits per heavy atom. The molecule has 3 nitrogen and oxygen atoms in total. The van der Waals surface area contributed by atoms with Crippen molar-refractivity contribution >= 4 is 41.5 Å². The lowest BCUT2D eigenvalue weighted by Gasteiger charge is -2.14. The summed E-state index contributed by atoms with van der Waals surface area (Å²) in [7, 11) is 1.83. The van der Waals surface area contributed by atoms with E-state index in [-0.39, 0.29) is 24.4 Å². The minimum absolute atomic E-state index is 0. The van der Waals surface area contributed by atoms with E-state index >= 15 is 0 Å². The van der Waals surface area contributed by atoms with Gasteiger partial charge in [-0.05, 0) is 37.1 Å². The predicted molar refractivity (Wildman–Crippen MR) is 81.5 cm³/mol. The standard InChI is InChI=1S/C13H16Cl2N2O.ClH/c1-16-7-6-12(18)17-11-5-3-9-8(11)2-4-10(14)13(9)15;/h2,4,11,16H,3,5-7H2,1H3,(H,17,18);1H. The van der Waals surface area contributed by atoms with Gasteiger partial charge in [-0.3, -0.25) is 4.79 Å². The van der Waals surface area contributed by atoms with E-state index in [4.69, 9.17) is 23.2 Å². The maximum absolute atomic E-state index is 11.7. The van der Waals surface area contributed by atoms with Gasteiger partial charge in [0.05, 0.1) is 16.1 Å². The maximum atomic E-state index is 11.7. The van der Waals surface area contributed by atoms with E-state index in [0.717, 1.165) is 24.0 Å². The predicted octanol–water partition coefficient (Wildman–Crippen LogP) is 3.13. The van der Waals surface area contributed by atoms with Crippen molar-refractivity contribution in [2.24, 2.45) is 0 Å². The van der Waals surface area contributed by atoms with E-state index in [9.17, 15) is 4.79 Å². The van der Waals surface area contributed by atoms with Gasteiger partial charge in [0.1, 0.15) is 0 Å². The Balaban J connectivity index is 0.00000180. The monoisotopic (exact) mass is 322 g/mol. The molecule has 0 heterocycles. The van der Waals surface area contributed by atoms with E-state index in [2.05, 4.69) is 10.6 Å². The summed E-state index contributed by atoms with van der Waals surface area (Å²) in [5.74, 6) is 0.0632. The molecule has 2 N–H and O–H groups in total. The molecule has 1 unspecified atom stereocenters. The van der Waals surface area contributed by atoms with Crippen LogP contribution in [0, 0.1) is 0 Å². The topological polar surface area (TPSA) is 41.1 Å². The number of hydrogen-bond donors (Lipinski definition) is 2. The molecule has 1 atom stereocenters. The fourth-order valence-electron chi connectivity index (χ4n) is 2.29. The molecule has 2 rings (SSSR count). The molecule has 1 aromatic rings. The van der Waals surface area contributed by atoms with Crippen LogP contribution < -0.4 is 10.6 Å². The Morgan fingerprint density at radius 3 is 2.84 bits per heavy atom. The van der Waals surface area contributed by atoms with Gasteiger partial charge in [-0.1, -0.05) is 29.3 Å². The fraction of sp³-hybridized carbons (Fsp3) is 0.462. The van der Waals surface area contributed by atoms with Crippen molar-refractivity contribution in [3.8, 4) is 0 Å². The molecular weight excluding hydrogens is 307 g/mol. The number of fused-ring (bicyclic) bond motifs is 1. The third-order valence-corrected chi connectivity index (χ3v) is 4.07. The maximum Gasteiger partial charge on any atom is 0.221 e. The highest BCUT2D eigenvalue weighted by Gasteiger charge is 2.26. The summed E-state index contributed by atoms with van der Waals surface area (Å²) in [6.45, 7) is 0.687. The van der Waals surface area contributed by atoms with Gasteiger partial charge in [0.2, 0.25) is 5.91 Å². The second kappa shape index (κ2) is 7.34. The number of hydrogen-bond acceptors (Lipinski definition) is 2. The zero-order valence-corrected chi connectivity index (χ0v) is 13.0. The number of amides is 1. The van der Waals surface area contributed by atoms with Crippen LogP contribution in [0.25, 0.3) is 0 Å². The highest BCUT2D eigenvalue weighted by molar-refractivity contribution is 6.42. The summed E-state index contributed by atoms with van der Waals surface area (Å²) in [4.78, 5) is 11.7. The molecule has 1 aliphatic carbocycles. The second-order valence-electron chi connectivity index (χ2n) is 4.44. The van der Waals surface area contributed by atoms with Gasteiger partial charge in [0.15, 0.2) is 0 Å². The highest BCUT2D eigenvalue weighted by Crippen LogP contribution is 2.38. The third kappa shape index (κ3) is 3.76. The fourth-order valence-corrected chi connectivity index (χ4v) is 2.73. The molecule has 0 bridgehead atoms. The molecule has 19 heavy (non-hydrogen) atoms. The Labute approximate surface area is 129 Å². The summed E-state index contributed by atoms with van der Waals surface area (Å²) in [6, 6.07) is 3.82. The molecule has 1 amide bonds. The SMILES string of the molecule is CNCCC(=O)NC1CCc2c1ccc(Cl)c2Cl.Cl. The summed E-state index contributed by atoms with van der Waals surface area (Å²) in [6.07, 6.45) is 2.25. The van der Waals surface area contributed by atoms with Crippen molar-refractivity contribution in [2.75, 3.05) is 13.6 Å². The van der Waals surface area contributed by atoms with Crippen molar-refractivity contribution < 1.29 is 4.79 Å². The van der Waals surface area contributed by atoms with Crippen LogP contribution in [0.15, 0.2) is 12.1 Å². The smallest absolute Gasteiger partial charge is 0.221 e. The molecule has 1 aromatic carbocycles. The largest absolute Gasteiger partial charge is 0.349 e. The lowest BCUT2D eigenvalue weighted by atomic mass is 10.1. The molecule has 0 radical (unpaired) electrons. The van der Waals surface area contributed by atoms with Crippen LogP contribution in [0.3, 0.4) is 0 Å². The second-order valence-corrected chi connectivity index (χ2v) is 5.23. The summed E-state index contributed by atoms with van der Waals surface area (Å²) in [5.41, 5.74) is 2.17. The van der Waals surface area contributed by atoms with Gasteiger partial charge in [-0.2, -0.15) is 0 Å². The Kier molecular flexibility index (Phi) is 6.40. The first-order valence-electron chi connectivity index (χ1n) is 6.04. The van der Waals surface area contributed by atoms with Crippen LogP contribution in [0.5, 0.6) is 0 Å². The summed E-state index contributed by atoms with van der Waals surface area (Å²) >= 11 is 12.2. The van der Waals surface area contributed by atoms with Crippen molar-refractivity contribution in [3.63, 3.8) is 0 Å². The number of halogens is 3. The number of rotatable bonds is 4. The molecule has 0 saturated carbocycles. The van der Waals surface area contributed by atoms with Gasteiger partial charge in [-0.15, -0.1) is 12.4 Å².